The molecule has 172 valence electrons. The third-order valence-electron chi connectivity index (χ3n) is 5.54. The molecule has 1 fully saturated rings. The Bertz CT molecular complexity index is 1180. The second-order valence-electron chi connectivity index (χ2n) is 7.95. The van der Waals surface area contributed by atoms with E-state index >= 15 is 0 Å². The van der Waals surface area contributed by atoms with E-state index in [9.17, 15) is 13.2 Å². The number of nitrogens with zero attached hydrogens (tertiary/aromatic N) is 2. The lowest BCUT2D eigenvalue weighted by Crippen LogP contribution is -2.35. The Labute approximate surface area is 199 Å². The van der Waals surface area contributed by atoms with Crippen LogP contribution in [0.4, 0.5) is 5.69 Å². The Morgan fingerprint density at radius 3 is 2.39 bits per heavy atom. The zero-order valence-corrected chi connectivity index (χ0v) is 19.9. The van der Waals surface area contributed by atoms with E-state index in [1.807, 2.05) is 42.5 Å². The molecule has 0 spiro atoms. The van der Waals surface area contributed by atoms with Crippen molar-refractivity contribution in [3.63, 3.8) is 0 Å². The highest BCUT2D eigenvalue weighted by Crippen LogP contribution is 2.23. The number of rotatable bonds is 8. The summed E-state index contributed by atoms with van der Waals surface area (Å²) in [7, 11) is -3.50. The number of thioether (sulfide) groups is 1. The summed E-state index contributed by atoms with van der Waals surface area (Å²) in [6, 6.07) is 21.1. The van der Waals surface area contributed by atoms with Crippen LogP contribution in [-0.2, 0) is 21.2 Å². The van der Waals surface area contributed by atoms with Crippen LogP contribution in [0.15, 0.2) is 82.8 Å². The molecule has 0 aliphatic carbocycles. The largest absolute Gasteiger partial charge is 0.325 e. The molecule has 1 aromatic heterocycles. The summed E-state index contributed by atoms with van der Waals surface area (Å²) >= 11 is 1.28. The molecule has 0 saturated carbocycles. The smallest absolute Gasteiger partial charge is 0.244 e. The van der Waals surface area contributed by atoms with Crippen LogP contribution in [0.1, 0.15) is 30.4 Å². The summed E-state index contributed by atoms with van der Waals surface area (Å²) in [4.78, 5) is 17.0. The van der Waals surface area contributed by atoms with Crippen molar-refractivity contribution in [2.45, 2.75) is 35.6 Å². The van der Waals surface area contributed by atoms with E-state index in [1.165, 1.54) is 27.8 Å². The number of hydrogen-bond donors (Lipinski definition) is 1. The molecular formula is C25H27N3O3S2. The van der Waals surface area contributed by atoms with E-state index in [-0.39, 0.29) is 16.6 Å². The monoisotopic (exact) mass is 481 g/mol. The van der Waals surface area contributed by atoms with E-state index < -0.39 is 10.0 Å². The standard InChI is InChI=1S/C25H27N3O3S2/c29-24(27-23-12-6-5-11-21(23)17-20-9-3-1-4-10-20)19-32-25-14-13-22(18-26-25)33(30,31)28-15-7-2-8-16-28/h1,3-6,9-14,18H,2,7-8,15-17,19H2,(H,27,29). The minimum Gasteiger partial charge on any atom is -0.325 e. The van der Waals surface area contributed by atoms with Crippen molar-refractivity contribution >= 4 is 33.4 Å². The number of carbonyl (C=O) groups is 1. The van der Waals surface area contributed by atoms with Gasteiger partial charge in [-0.25, -0.2) is 13.4 Å². The number of benzene rings is 2. The number of pyridine rings is 1. The molecule has 2 aromatic carbocycles. The minimum absolute atomic E-state index is 0.132. The van der Waals surface area contributed by atoms with Crippen LogP contribution in [0.25, 0.3) is 0 Å². The second-order valence-corrected chi connectivity index (χ2v) is 10.9. The Morgan fingerprint density at radius 2 is 1.67 bits per heavy atom. The molecule has 2 heterocycles. The van der Waals surface area contributed by atoms with Gasteiger partial charge in [0.15, 0.2) is 0 Å². The molecule has 1 N–H and O–H groups in total. The van der Waals surface area contributed by atoms with Gasteiger partial charge >= 0.3 is 0 Å². The molecule has 0 unspecified atom stereocenters. The fraction of sp³-hybridized carbons (Fsp3) is 0.280. The predicted molar refractivity (Wildman–Crippen MR) is 132 cm³/mol. The maximum atomic E-state index is 12.7. The van der Waals surface area contributed by atoms with Gasteiger partial charge in [0.1, 0.15) is 4.90 Å². The fourth-order valence-electron chi connectivity index (χ4n) is 3.80. The van der Waals surface area contributed by atoms with E-state index in [2.05, 4.69) is 22.4 Å². The molecule has 1 amide bonds. The number of piperidine rings is 1. The van der Waals surface area contributed by atoms with Gasteiger partial charge in [-0.2, -0.15) is 4.31 Å². The zero-order chi connectivity index (χ0) is 23.1. The SMILES string of the molecule is O=C(CSc1ccc(S(=O)(=O)N2CCCCC2)cn1)Nc1ccccc1Cc1ccccc1. The highest BCUT2D eigenvalue weighted by Gasteiger charge is 2.26. The normalized spacial score (nSPS) is 14.7. The van der Waals surface area contributed by atoms with E-state index in [0.29, 0.717) is 18.1 Å². The van der Waals surface area contributed by atoms with Crippen molar-refractivity contribution in [3.05, 3.63) is 84.1 Å². The molecule has 6 nitrogen and oxygen atoms in total. The molecule has 4 rings (SSSR count). The number of nitrogens with one attached hydrogen (secondary N) is 1. The maximum absolute atomic E-state index is 12.7. The number of amides is 1. The Kier molecular flexibility index (Phi) is 7.80. The number of anilines is 1. The molecular weight excluding hydrogens is 454 g/mol. The molecule has 33 heavy (non-hydrogen) atoms. The van der Waals surface area contributed by atoms with Crippen LogP contribution in [0.3, 0.4) is 0 Å². The van der Waals surface area contributed by atoms with Crippen LogP contribution in [0, 0.1) is 0 Å². The summed E-state index contributed by atoms with van der Waals surface area (Å²) in [5.41, 5.74) is 3.02. The summed E-state index contributed by atoms with van der Waals surface area (Å²) < 4.78 is 27.0. The number of sulfonamides is 1. The van der Waals surface area contributed by atoms with E-state index in [0.717, 1.165) is 36.9 Å². The van der Waals surface area contributed by atoms with Crippen LogP contribution in [-0.4, -0.2) is 42.5 Å². The van der Waals surface area contributed by atoms with Gasteiger partial charge in [0.25, 0.3) is 0 Å². The van der Waals surface area contributed by atoms with Gasteiger partial charge in [0, 0.05) is 25.0 Å². The number of aromatic nitrogens is 1. The van der Waals surface area contributed by atoms with Crippen molar-refractivity contribution in [2.75, 3.05) is 24.2 Å². The van der Waals surface area contributed by atoms with E-state index in [1.54, 1.807) is 12.1 Å². The first kappa shape index (κ1) is 23.5. The van der Waals surface area contributed by atoms with Gasteiger partial charge in [-0.05, 0) is 48.6 Å². The average molecular weight is 482 g/mol. The first-order chi connectivity index (χ1) is 16.0. The van der Waals surface area contributed by atoms with Gasteiger partial charge < -0.3 is 5.32 Å². The predicted octanol–water partition coefficient (Wildman–Crippen LogP) is 4.58. The van der Waals surface area contributed by atoms with Crippen LogP contribution in [0.2, 0.25) is 0 Å². The lowest BCUT2D eigenvalue weighted by molar-refractivity contribution is -0.113. The number of para-hydroxylation sites is 1. The van der Waals surface area contributed by atoms with Crippen molar-refractivity contribution in [3.8, 4) is 0 Å². The minimum atomic E-state index is -3.50. The third-order valence-corrected chi connectivity index (χ3v) is 8.37. The van der Waals surface area contributed by atoms with Crippen LogP contribution in [0.5, 0.6) is 0 Å². The van der Waals surface area contributed by atoms with Gasteiger partial charge in [-0.3, -0.25) is 4.79 Å². The molecule has 1 aliphatic heterocycles. The van der Waals surface area contributed by atoms with Gasteiger partial charge in [-0.15, -0.1) is 0 Å². The van der Waals surface area contributed by atoms with Crippen LogP contribution >= 0.6 is 11.8 Å². The molecule has 8 heteroatoms. The molecule has 1 saturated heterocycles. The molecule has 0 radical (unpaired) electrons. The molecule has 0 atom stereocenters. The second kappa shape index (κ2) is 11.0. The maximum Gasteiger partial charge on any atom is 0.244 e. The van der Waals surface area contributed by atoms with Crippen molar-refractivity contribution in [1.29, 1.82) is 0 Å². The molecule has 0 bridgehead atoms. The highest BCUT2D eigenvalue weighted by atomic mass is 32.2. The molecule has 3 aromatic rings. The lowest BCUT2D eigenvalue weighted by atomic mass is 10.0. The highest BCUT2D eigenvalue weighted by molar-refractivity contribution is 7.99. The summed E-state index contributed by atoms with van der Waals surface area (Å²) in [5, 5.41) is 3.60. The van der Waals surface area contributed by atoms with E-state index in [4.69, 9.17) is 0 Å². The Hall–Kier alpha value is -2.68. The number of hydrogen-bond acceptors (Lipinski definition) is 5. The van der Waals surface area contributed by atoms with Crippen LogP contribution < -0.4 is 5.32 Å². The van der Waals surface area contributed by atoms with Crippen molar-refractivity contribution < 1.29 is 13.2 Å². The zero-order valence-electron chi connectivity index (χ0n) is 18.3. The Morgan fingerprint density at radius 1 is 0.939 bits per heavy atom. The first-order valence-electron chi connectivity index (χ1n) is 11.0. The lowest BCUT2D eigenvalue weighted by Gasteiger charge is -2.25. The summed E-state index contributed by atoms with van der Waals surface area (Å²) in [6.45, 7) is 1.12. The Balaban J connectivity index is 1.34. The third kappa shape index (κ3) is 6.22. The summed E-state index contributed by atoms with van der Waals surface area (Å²) in [5.74, 6) is 0.0533. The van der Waals surface area contributed by atoms with Gasteiger partial charge in [-0.1, -0.05) is 66.7 Å². The topological polar surface area (TPSA) is 79.4 Å². The average Bonchev–Trinajstić information content (AvgIpc) is 2.85. The molecule has 1 aliphatic rings. The van der Waals surface area contributed by atoms with Crippen molar-refractivity contribution in [1.82, 2.24) is 9.29 Å². The summed E-state index contributed by atoms with van der Waals surface area (Å²) in [6.07, 6.45) is 4.98. The number of carbonyl (C=O) groups excluding carboxylic acids is 1. The van der Waals surface area contributed by atoms with Gasteiger partial charge in [0.05, 0.1) is 10.8 Å². The first-order valence-corrected chi connectivity index (χ1v) is 13.5. The van der Waals surface area contributed by atoms with Crippen molar-refractivity contribution in [2.24, 2.45) is 0 Å². The van der Waals surface area contributed by atoms with Gasteiger partial charge in [0.2, 0.25) is 15.9 Å². The quantitative estimate of drug-likeness (QED) is 0.477. The fourth-order valence-corrected chi connectivity index (χ4v) is 5.90.